The Morgan fingerprint density at radius 3 is 2.53 bits per heavy atom. The van der Waals surface area contributed by atoms with Crippen molar-refractivity contribution in [3.63, 3.8) is 0 Å². The zero-order chi connectivity index (χ0) is 11.1. The summed E-state index contributed by atoms with van der Waals surface area (Å²) in [4.78, 5) is 12.1. The summed E-state index contributed by atoms with van der Waals surface area (Å²) >= 11 is 0. The minimum atomic E-state index is -0.258. The predicted octanol–water partition coefficient (Wildman–Crippen LogP) is 1.89. The van der Waals surface area contributed by atoms with Gasteiger partial charge in [0.05, 0.1) is 0 Å². The van der Waals surface area contributed by atoms with Gasteiger partial charge in [-0.05, 0) is 19.3 Å². The van der Waals surface area contributed by atoms with Crippen molar-refractivity contribution in [2.45, 2.75) is 45.4 Å². The van der Waals surface area contributed by atoms with Crippen LogP contribution in [-0.4, -0.2) is 25.5 Å². The number of ketones is 1. The molecule has 3 nitrogen and oxygen atoms in total. The number of nitrogens with two attached hydrogens (primary N) is 1. The molecule has 1 rings (SSSR count). The van der Waals surface area contributed by atoms with E-state index < -0.39 is 0 Å². The zero-order valence-electron chi connectivity index (χ0n) is 9.76. The van der Waals surface area contributed by atoms with Crippen LogP contribution < -0.4 is 5.73 Å². The van der Waals surface area contributed by atoms with Gasteiger partial charge in [-0.15, -0.1) is 0 Å². The predicted molar refractivity (Wildman–Crippen MR) is 60.7 cm³/mol. The van der Waals surface area contributed by atoms with E-state index in [9.17, 15) is 4.79 Å². The van der Waals surface area contributed by atoms with E-state index in [1.54, 1.807) is 0 Å². The van der Waals surface area contributed by atoms with Crippen molar-refractivity contribution in [1.29, 1.82) is 0 Å². The van der Waals surface area contributed by atoms with Crippen LogP contribution in [0.2, 0.25) is 0 Å². The van der Waals surface area contributed by atoms with Crippen molar-refractivity contribution in [2.75, 3.05) is 19.8 Å². The molecule has 0 aromatic rings. The maximum atomic E-state index is 12.1. The summed E-state index contributed by atoms with van der Waals surface area (Å²) in [6.45, 7) is 4.02. The molecule has 0 saturated carbocycles. The minimum absolute atomic E-state index is 0.258. The third kappa shape index (κ3) is 3.28. The number of hydrogen-bond acceptors (Lipinski definition) is 3. The van der Waals surface area contributed by atoms with E-state index in [1.165, 1.54) is 0 Å². The normalized spacial score (nSPS) is 20.1. The molecule has 0 amide bonds. The second-order valence-corrected chi connectivity index (χ2v) is 4.48. The Kier molecular flexibility index (Phi) is 5.26. The molecule has 3 heteroatoms. The van der Waals surface area contributed by atoms with Crippen molar-refractivity contribution < 1.29 is 9.53 Å². The molecule has 0 bridgehead atoms. The van der Waals surface area contributed by atoms with Gasteiger partial charge in [0, 0.05) is 31.6 Å². The Hall–Kier alpha value is -0.410. The molecule has 1 aliphatic rings. The Labute approximate surface area is 92.4 Å². The Balaban J connectivity index is 2.45. The van der Waals surface area contributed by atoms with Gasteiger partial charge >= 0.3 is 0 Å². The molecule has 0 aliphatic carbocycles. The smallest absolute Gasteiger partial charge is 0.140 e. The molecule has 1 fully saturated rings. The number of carbonyl (C=O) groups is 1. The monoisotopic (exact) mass is 213 g/mol. The maximum Gasteiger partial charge on any atom is 0.140 e. The average Bonchev–Trinajstić information content (AvgIpc) is 2.30. The second kappa shape index (κ2) is 6.23. The highest BCUT2D eigenvalue weighted by molar-refractivity contribution is 5.85. The van der Waals surface area contributed by atoms with E-state index in [1.807, 2.05) is 0 Å². The quantitative estimate of drug-likeness (QED) is 0.685. The highest BCUT2D eigenvalue weighted by atomic mass is 16.5. The van der Waals surface area contributed by atoms with Gasteiger partial charge in [0.1, 0.15) is 5.78 Å². The zero-order valence-corrected chi connectivity index (χ0v) is 9.76. The molecule has 0 unspecified atom stereocenters. The standard InChI is InChI=1S/C12H23NO2/c1-2-3-4-5-11(14)12(10-13)6-8-15-9-7-12/h2-10,13H2,1H3. The molecule has 0 aromatic heterocycles. The van der Waals surface area contributed by atoms with E-state index in [4.69, 9.17) is 10.5 Å². The van der Waals surface area contributed by atoms with Gasteiger partial charge in [0.25, 0.3) is 0 Å². The molecule has 1 aliphatic heterocycles. The lowest BCUT2D eigenvalue weighted by Crippen LogP contribution is -2.43. The van der Waals surface area contributed by atoms with Gasteiger partial charge < -0.3 is 10.5 Å². The molecule has 0 atom stereocenters. The van der Waals surface area contributed by atoms with Crippen molar-refractivity contribution in [3.05, 3.63) is 0 Å². The Morgan fingerprint density at radius 2 is 2.00 bits per heavy atom. The lowest BCUT2D eigenvalue weighted by molar-refractivity contribution is -0.133. The van der Waals surface area contributed by atoms with E-state index in [0.29, 0.717) is 32.0 Å². The number of unbranched alkanes of at least 4 members (excludes halogenated alkanes) is 2. The van der Waals surface area contributed by atoms with Crippen molar-refractivity contribution in [3.8, 4) is 0 Å². The fourth-order valence-corrected chi connectivity index (χ4v) is 2.16. The highest BCUT2D eigenvalue weighted by Gasteiger charge is 2.37. The summed E-state index contributed by atoms with van der Waals surface area (Å²) in [6.07, 6.45) is 5.64. The van der Waals surface area contributed by atoms with Gasteiger partial charge in [-0.1, -0.05) is 19.8 Å². The molecule has 88 valence electrons. The summed E-state index contributed by atoms with van der Waals surface area (Å²) in [5.74, 6) is 0.363. The van der Waals surface area contributed by atoms with Crippen molar-refractivity contribution in [1.82, 2.24) is 0 Å². The van der Waals surface area contributed by atoms with Gasteiger partial charge in [0.15, 0.2) is 0 Å². The minimum Gasteiger partial charge on any atom is -0.381 e. The summed E-state index contributed by atoms with van der Waals surface area (Å²) in [5.41, 5.74) is 5.51. The maximum absolute atomic E-state index is 12.1. The van der Waals surface area contributed by atoms with Crippen LogP contribution in [0.3, 0.4) is 0 Å². The van der Waals surface area contributed by atoms with E-state index in [0.717, 1.165) is 32.1 Å². The van der Waals surface area contributed by atoms with E-state index in [-0.39, 0.29) is 5.41 Å². The number of ether oxygens (including phenoxy) is 1. The fourth-order valence-electron chi connectivity index (χ4n) is 2.16. The third-order valence-electron chi connectivity index (χ3n) is 3.44. The number of Topliss-reactive ketones (excluding diaryl/α,β-unsaturated/α-hetero) is 1. The average molecular weight is 213 g/mol. The lowest BCUT2D eigenvalue weighted by Gasteiger charge is -2.34. The Morgan fingerprint density at radius 1 is 1.33 bits per heavy atom. The van der Waals surface area contributed by atoms with Gasteiger partial charge in [-0.3, -0.25) is 4.79 Å². The Bertz CT molecular complexity index is 198. The molecule has 1 saturated heterocycles. The number of hydrogen-bond donors (Lipinski definition) is 1. The van der Waals surface area contributed by atoms with Gasteiger partial charge in [0.2, 0.25) is 0 Å². The third-order valence-corrected chi connectivity index (χ3v) is 3.44. The number of carbonyl (C=O) groups excluding carboxylic acids is 1. The van der Waals surface area contributed by atoms with Crippen molar-refractivity contribution >= 4 is 5.78 Å². The fraction of sp³-hybridized carbons (Fsp3) is 0.917. The van der Waals surface area contributed by atoms with Crippen LogP contribution in [0.1, 0.15) is 45.4 Å². The first-order chi connectivity index (χ1) is 7.25. The van der Waals surface area contributed by atoms with Crippen molar-refractivity contribution in [2.24, 2.45) is 11.1 Å². The molecule has 0 aromatic carbocycles. The molecule has 2 N–H and O–H groups in total. The summed E-state index contributed by atoms with van der Waals surface area (Å²) in [7, 11) is 0. The first kappa shape index (κ1) is 12.7. The van der Waals surface area contributed by atoms with Crippen LogP contribution in [0.5, 0.6) is 0 Å². The van der Waals surface area contributed by atoms with Gasteiger partial charge in [-0.25, -0.2) is 0 Å². The SMILES string of the molecule is CCCCCC(=O)C1(CN)CCOCC1. The largest absolute Gasteiger partial charge is 0.381 e. The molecular formula is C12H23NO2. The first-order valence-corrected chi connectivity index (χ1v) is 6.06. The topological polar surface area (TPSA) is 52.3 Å². The molecule has 0 radical (unpaired) electrons. The highest BCUT2D eigenvalue weighted by Crippen LogP contribution is 2.32. The second-order valence-electron chi connectivity index (χ2n) is 4.48. The molecule has 0 spiro atoms. The van der Waals surface area contributed by atoms with E-state index in [2.05, 4.69) is 6.92 Å². The van der Waals surface area contributed by atoms with Crippen LogP contribution in [0.25, 0.3) is 0 Å². The molecule has 15 heavy (non-hydrogen) atoms. The first-order valence-electron chi connectivity index (χ1n) is 6.06. The van der Waals surface area contributed by atoms with Crippen LogP contribution >= 0.6 is 0 Å². The summed E-state index contributed by atoms with van der Waals surface area (Å²) in [6, 6.07) is 0. The van der Waals surface area contributed by atoms with Crippen LogP contribution in [0.15, 0.2) is 0 Å². The number of rotatable bonds is 6. The van der Waals surface area contributed by atoms with Crippen LogP contribution in [0.4, 0.5) is 0 Å². The summed E-state index contributed by atoms with van der Waals surface area (Å²) in [5, 5.41) is 0. The van der Waals surface area contributed by atoms with Gasteiger partial charge in [-0.2, -0.15) is 0 Å². The molecule has 1 heterocycles. The lowest BCUT2D eigenvalue weighted by atomic mass is 9.75. The summed E-state index contributed by atoms with van der Waals surface area (Å²) < 4.78 is 5.29. The van der Waals surface area contributed by atoms with Crippen LogP contribution in [-0.2, 0) is 9.53 Å². The van der Waals surface area contributed by atoms with E-state index >= 15 is 0 Å². The van der Waals surface area contributed by atoms with Crippen LogP contribution in [0, 0.1) is 5.41 Å². The molecular weight excluding hydrogens is 190 g/mol.